The SMILES string of the molecule is N#CC1C=C(c2ccccc2Cl)C(Cl)=CC1(N)C=C1CCCC1. The van der Waals surface area contributed by atoms with E-state index < -0.39 is 11.5 Å². The van der Waals surface area contributed by atoms with Gasteiger partial charge in [-0.1, -0.05) is 59.1 Å². The molecule has 0 saturated heterocycles. The third-order valence-corrected chi connectivity index (χ3v) is 5.15. The van der Waals surface area contributed by atoms with Gasteiger partial charge in [-0.2, -0.15) is 5.26 Å². The molecule has 1 aromatic carbocycles. The van der Waals surface area contributed by atoms with Crippen LogP contribution in [0.5, 0.6) is 0 Å². The third kappa shape index (κ3) is 3.23. The van der Waals surface area contributed by atoms with E-state index in [1.807, 2.05) is 36.4 Å². The second kappa shape index (κ2) is 6.53. The molecule has 2 atom stereocenters. The Morgan fingerprint density at radius 1 is 1.22 bits per heavy atom. The molecule has 23 heavy (non-hydrogen) atoms. The number of rotatable bonds is 2. The molecule has 0 heterocycles. The van der Waals surface area contributed by atoms with E-state index in [9.17, 15) is 5.26 Å². The van der Waals surface area contributed by atoms with E-state index >= 15 is 0 Å². The lowest BCUT2D eigenvalue weighted by molar-refractivity contribution is 0.556. The summed E-state index contributed by atoms with van der Waals surface area (Å²) in [7, 11) is 0. The largest absolute Gasteiger partial charge is 0.317 e. The average Bonchev–Trinajstić information content (AvgIpc) is 3.01. The van der Waals surface area contributed by atoms with Crippen molar-refractivity contribution in [3.8, 4) is 6.07 Å². The van der Waals surface area contributed by atoms with E-state index in [0.29, 0.717) is 10.1 Å². The molecule has 0 aromatic heterocycles. The fraction of sp³-hybridized carbons (Fsp3) is 0.316. The summed E-state index contributed by atoms with van der Waals surface area (Å²) in [5.41, 5.74) is 8.59. The van der Waals surface area contributed by atoms with Gasteiger partial charge in [0.2, 0.25) is 0 Å². The zero-order valence-electron chi connectivity index (χ0n) is 12.7. The molecule has 2 nitrogen and oxygen atoms in total. The summed E-state index contributed by atoms with van der Waals surface area (Å²) in [5.74, 6) is -0.468. The number of halogens is 2. The Hall–Kier alpha value is -1.53. The fourth-order valence-corrected chi connectivity index (χ4v) is 3.87. The lowest BCUT2D eigenvalue weighted by atomic mass is 9.77. The lowest BCUT2D eigenvalue weighted by Crippen LogP contribution is -2.44. The summed E-state index contributed by atoms with van der Waals surface area (Å²) in [4.78, 5) is 0. The van der Waals surface area contributed by atoms with Crippen molar-refractivity contribution in [1.82, 2.24) is 0 Å². The zero-order chi connectivity index (χ0) is 16.4. The number of nitrogens with two attached hydrogens (primary N) is 1. The molecule has 2 aliphatic rings. The molecule has 0 spiro atoms. The molecule has 0 aliphatic heterocycles. The minimum atomic E-state index is -0.851. The number of hydrogen-bond acceptors (Lipinski definition) is 2. The van der Waals surface area contributed by atoms with Crippen LogP contribution in [0.2, 0.25) is 5.02 Å². The van der Waals surface area contributed by atoms with Crippen LogP contribution in [-0.4, -0.2) is 5.54 Å². The van der Waals surface area contributed by atoms with Crippen molar-refractivity contribution in [2.75, 3.05) is 0 Å². The quantitative estimate of drug-likeness (QED) is 0.749. The van der Waals surface area contributed by atoms with Crippen LogP contribution in [0.3, 0.4) is 0 Å². The first-order chi connectivity index (χ1) is 11.0. The van der Waals surface area contributed by atoms with Gasteiger partial charge in [-0.3, -0.25) is 0 Å². The molecule has 0 radical (unpaired) electrons. The van der Waals surface area contributed by atoms with E-state index in [0.717, 1.165) is 24.0 Å². The van der Waals surface area contributed by atoms with Gasteiger partial charge in [-0.05, 0) is 43.4 Å². The maximum Gasteiger partial charge on any atom is 0.0905 e. The maximum atomic E-state index is 9.61. The first-order valence-corrected chi connectivity index (χ1v) is 8.53. The molecule has 1 aromatic rings. The van der Waals surface area contributed by atoms with Crippen molar-refractivity contribution in [2.24, 2.45) is 11.7 Å². The smallest absolute Gasteiger partial charge is 0.0905 e. The average molecular weight is 345 g/mol. The predicted molar refractivity (Wildman–Crippen MR) is 95.9 cm³/mol. The van der Waals surface area contributed by atoms with Crippen molar-refractivity contribution in [3.63, 3.8) is 0 Å². The highest BCUT2D eigenvalue weighted by Gasteiger charge is 2.35. The van der Waals surface area contributed by atoms with E-state index in [-0.39, 0.29) is 0 Å². The summed E-state index contributed by atoms with van der Waals surface area (Å²) in [5, 5.41) is 10.8. The second-order valence-electron chi connectivity index (χ2n) is 6.17. The van der Waals surface area contributed by atoms with Crippen molar-refractivity contribution in [1.29, 1.82) is 5.26 Å². The Morgan fingerprint density at radius 2 is 1.91 bits per heavy atom. The van der Waals surface area contributed by atoms with Crippen LogP contribution in [0.1, 0.15) is 31.2 Å². The zero-order valence-corrected chi connectivity index (χ0v) is 14.2. The lowest BCUT2D eigenvalue weighted by Gasteiger charge is -2.31. The van der Waals surface area contributed by atoms with Gasteiger partial charge in [0, 0.05) is 15.6 Å². The molecule has 1 fully saturated rings. The van der Waals surface area contributed by atoms with Crippen molar-refractivity contribution < 1.29 is 0 Å². The topological polar surface area (TPSA) is 49.8 Å². The van der Waals surface area contributed by atoms with Gasteiger partial charge in [0.25, 0.3) is 0 Å². The van der Waals surface area contributed by atoms with Gasteiger partial charge < -0.3 is 5.73 Å². The fourth-order valence-electron chi connectivity index (χ4n) is 3.28. The first-order valence-electron chi connectivity index (χ1n) is 7.78. The summed E-state index contributed by atoms with van der Waals surface area (Å²) < 4.78 is 0. The number of nitriles is 1. The van der Waals surface area contributed by atoms with Gasteiger partial charge in [-0.25, -0.2) is 0 Å². The van der Waals surface area contributed by atoms with Crippen molar-refractivity contribution >= 4 is 28.8 Å². The molecule has 1 saturated carbocycles. The van der Waals surface area contributed by atoms with E-state index in [1.54, 1.807) is 6.08 Å². The van der Waals surface area contributed by atoms with E-state index in [1.165, 1.54) is 18.4 Å². The standard InChI is InChI=1S/C19H18Cl2N2/c20-17-8-4-3-7-15(17)16-9-14(12-22)19(23,11-18(16)21)10-13-5-1-2-6-13/h3-4,7-11,14H,1-2,5-6,23H2. The Kier molecular flexibility index (Phi) is 4.64. The number of benzene rings is 1. The highest BCUT2D eigenvalue weighted by molar-refractivity contribution is 6.39. The van der Waals surface area contributed by atoms with Crippen LogP contribution in [0, 0.1) is 17.2 Å². The molecule has 2 unspecified atom stereocenters. The molecular weight excluding hydrogens is 327 g/mol. The minimum absolute atomic E-state index is 0.468. The highest BCUT2D eigenvalue weighted by Crippen LogP contribution is 2.40. The van der Waals surface area contributed by atoms with Crippen LogP contribution in [0.15, 0.2) is 53.1 Å². The normalized spacial score (nSPS) is 27.2. The molecule has 0 amide bonds. The molecule has 118 valence electrons. The molecule has 2 aliphatic carbocycles. The van der Waals surface area contributed by atoms with Gasteiger partial charge in [-0.15, -0.1) is 0 Å². The number of allylic oxidation sites excluding steroid dienone is 3. The molecule has 3 rings (SSSR count). The summed E-state index contributed by atoms with van der Waals surface area (Å²) >= 11 is 12.8. The summed E-state index contributed by atoms with van der Waals surface area (Å²) in [6.45, 7) is 0. The molecular formula is C19H18Cl2N2. The van der Waals surface area contributed by atoms with Gasteiger partial charge in [0.1, 0.15) is 0 Å². The number of nitrogens with zero attached hydrogens (tertiary/aromatic N) is 1. The Balaban J connectivity index is 2.02. The van der Waals surface area contributed by atoms with Crippen LogP contribution in [0.25, 0.3) is 5.57 Å². The van der Waals surface area contributed by atoms with E-state index in [4.69, 9.17) is 28.9 Å². The third-order valence-electron chi connectivity index (χ3n) is 4.51. The first kappa shape index (κ1) is 16.3. The van der Waals surface area contributed by atoms with Gasteiger partial charge in [0.05, 0.1) is 17.5 Å². The van der Waals surface area contributed by atoms with Gasteiger partial charge >= 0.3 is 0 Å². The van der Waals surface area contributed by atoms with Crippen molar-refractivity contribution in [2.45, 2.75) is 31.2 Å². The summed E-state index contributed by atoms with van der Waals surface area (Å²) in [6, 6.07) is 9.80. The predicted octanol–water partition coefficient (Wildman–Crippen LogP) is 5.20. The highest BCUT2D eigenvalue weighted by atomic mass is 35.5. The monoisotopic (exact) mass is 344 g/mol. The molecule has 2 N–H and O–H groups in total. The maximum absolute atomic E-state index is 9.61. The molecule has 0 bridgehead atoms. The van der Waals surface area contributed by atoms with Gasteiger partial charge in [0.15, 0.2) is 0 Å². The van der Waals surface area contributed by atoms with Crippen LogP contribution in [0.4, 0.5) is 0 Å². The Labute approximate surface area is 146 Å². The van der Waals surface area contributed by atoms with Crippen molar-refractivity contribution in [3.05, 3.63) is 63.7 Å². The van der Waals surface area contributed by atoms with E-state index in [2.05, 4.69) is 6.07 Å². The van der Waals surface area contributed by atoms with Crippen LogP contribution < -0.4 is 5.73 Å². The minimum Gasteiger partial charge on any atom is -0.317 e. The summed E-state index contributed by atoms with van der Waals surface area (Å²) in [6.07, 6.45) is 10.2. The molecule has 4 heteroatoms. The Morgan fingerprint density at radius 3 is 2.57 bits per heavy atom. The number of hydrogen-bond donors (Lipinski definition) is 1. The van der Waals surface area contributed by atoms with Crippen LogP contribution in [-0.2, 0) is 0 Å². The Bertz CT molecular complexity index is 747. The van der Waals surface area contributed by atoms with Crippen LogP contribution >= 0.6 is 23.2 Å². The second-order valence-corrected chi connectivity index (χ2v) is 6.98.